The quantitative estimate of drug-likeness (QED) is 0.686. The van der Waals surface area contributed by atoms with E-state index in [0.717, 1.165) is 17.7 Å². The number of ether oxygens (including phenoxy) is 2. The number of thioether (sulfide) groups is 1. The Balaban J connectivity index is 1.97. The van der Waals surface area contributed by atoms with Crippen LogP contribution < -0.4 is 14.4 Å². The summed E-state index contributed by atoms with van der Waals surface area (Å²) in [7, 11) is 3.19. The van der Waals surface area contributed by atoms with Crippen LogP contribution in [0.15, 0.2) is 58.4 Å². The van der Waals surface area contributed by atoms with Gasteiger partial charge in [0.1, 0.15) is 0 Å². The van der Waals surface area contributed by atoms with Crippen molar-refractivity contribution in [2.45, 2.75) is 13.3 Å². The molecule has 1 saturated heterocycles. The molecule has 0 aromatic heterocycles. The molecule has 5 nitrogen and oxygen atoms in total. The van der Waals surface area contributed by atoms with Gasteiger partial charge in [0.2, 0.25) is 0 Å². The van der Waals surface area contributed by atoms with E-state index in [9.17, 15) is 4.79 Å². The van der Waals surface area contributed by atoms with Crippen molar-refractivity contribution in [3.63, 3.8) is 0 Å². The summed E-state index contributed by atoms with van der Waals surface area (Å²) < 4.78 is 10.6. The Morgan fingerprint density at radius 2 is 1.81 bits per heavy atom. The number of para-hydroxylation sites is 1. The summed E-state index contributed by atoms with van der Waals surface area (Å²) in [6.07, 6.45) is 2.79. The summed E-state index contributed by atoms with van der Waals surface area (Å²) in [4.78, 5) is 20.0. The first-order chi connectivity index (χ1) is 13.2. The number of nitrogens with zero attached hydrogens (tertiary/aromatic N) is 2. The van der Waals surface area contributed by atoms with Crippen LogP contribution in [-0.4, -0.2) is 31.8 Å². The summed E-state index contributed by atoms with van der Waals surface area (Å²) in [6, 6.07) is 15.2. The minimum Gasteiger partial charge on any atom is -0.493 e. The maximum Gasteiger partial charge on any atom is 0.271 e. The normalized spacial score (nSPS) is 17.0. The molecule has 6 heteroatoms. The molecule has 1 aliphatic heterocycles. The lowest BCUT2D eigenvalue weighted by Crippen LogP contribution is -2.28. The standard InChI is InChI=1S/C21H22N2O3S/c1-4-12-22-21-23(16-8-6-5-7-9-16)20(24)19(27-21)14-15-10-11-17(25-2)18(13-15)26-3/h5-11,13-14H,4,12H2,1-3H3/b19-14+,22-21?. The van der Waals surface area contributed by atoms with Gasteiger partial charge in [-0.1, -0.05) is 31.2 Å². The minimum atomic E-state index is -0.0733. The number of carbonyl (C=O) groups is 1. The van der Waals surface area contributed by atoms with E-state index in [0.29, 0.717) is 28.1 Å². The molecule has 3 rings (SSSR count). The maximum absolute atomic E-state index is 13.1. The zero-order chi connectivity index (χ0) is 19.2. The number of hydrogen-bond acceptors (Lipinski definition) is 5. The van der Waals surface area contributed by atoms with Crippen molar-refractivity contribution in [1.29, 1.82) is 0 Å². The van der Waals surface area contributed by atoms with E-state index >= 15 is 0 Å². The van der Waals surface area contributed by atoms with E-state index in [-0.39, 0.29) is 5.91 Å². The highest BCUT2D eigenvalue weighted by Crippen LogP contribution is 2.37. The molecule has 2 aromatic carbocycles. The molecule has 0 bridgehead atoms. The number of carbonyl (C=O) groups excluding carboxylic acids is 1. The second kappa shape index (κ2) is 8.77. The van der Waals surface area contributed by atoms with Crippen molar-refractivity contribution in [1.82, 2.24) is 0 Å². The highest BCUT2D eigenvalue weighted by atomic mass is 32.2. The average Bonchev–Trinajstić information content (AvgIpc) is 3.02. The van der Waals surface area contributed by atoms with Gasteiger partial charge in [-0.3, -0.25) is 14.7 Å². The first kappa shape index (κ1) is 19.0. The molecule has 140 valence electrons. The smallest absolute Gasteiger partial charge is 0.271 e. The monoisotopic (exact) mass is 382 g/mol. The van der Waals surface area contributed by atoms with Crippen molar-refractivity contribution in [3.05, 3.63) is 59.0 Å². The van der Waals surface area contributed by atoms with Gasteiger partial charge in [0.25, 0.3) is 5.91 Å². The maximum atomic E-state index is 13.1. The number of amides is 1. The summed E-state index contributed by atoms with van der Waals surface area (Å²) in [5, 5.41) is 0.708. The zero-order valence-corrected chi connectivity index (χ0v) is 16.5. The van der Waals surface area contributed by atoms with E-state index in [2.05, 4.69) is 11.9 Å². The summed E-state index contributed by atoms with van der Waals surface area (Å²) in [6.45, 7) is 2.75. The Hall–Kier alpha value is -2.73. The molecule has 0 saturated carbocycles. The molecular weight excluding hydrogens is 360 g/mol. The Morgan fingerprint density at radius 1 is 1.07 bits per heavy atom. The van der Waals surface area contributed by atoms with Crippen molar-refractivity contribution in [2.24, 2.45) is 4.99 Å². The molecule has 0 spiro atoms. The molecule has 1 fully saturated rings. The Bertz CT molecular complexity index is 878. The third kappa shape index (κ3) is 4.17. The van der Waals surface area contributed by atoms with Crippen molar-refractivity contribution in [3.8, 4) is 11.5 Å². The summed E-state index contributed by atoms with van der Waals surface area (Å²) >= 11 is 1.40. The van der Waals surface area contributed by atoms with Gasteiger partial charge in [0.15, 0.2) is 16.7 Å². The van der Waals surface area contributed by atoms with E-state index in [1.807, 2.05) is 54.6 Å². The molecule has 0 radical (unpaired) electrons. The van der Waals surface area contributed by atoms with Crippen LogP contribution in [0.3, 0.4) is 0 Å². The van der Waals surface area contributed by atoms with Gasteiger partial charge in [-0.05, 0) is 54.1 Å². The van der Waals surface area contributed by atoms with Gasteiger partial charge in [-0.2, -0.15) is 0 Å². The number of anilines is 1. The zero-order valence-electron chi connectivity index (χ0n) is 15.6. The fraction of sp³-hybridized carbons (Fsp3) is 0.238. The highest BCUT2D eigenvalue weighted by molar-refractivity contribution is 8.19. The van der Waals surface area contributed by atoms with Gasteiger partial charge >= 0.3 is 0 Å². The second-order valence-corrected chi connectivity index (χ2v) is 6.87. The van der Waals surface area contributed by atoms with Crippen LogP contribution in [0.25, 0.3) is 6.08 Å². The van der Waals surface area contributed by atoms with Crippen molar-refractivity contribution < 1.29 is 14.3 Å². The third-order valence-electron chi connectivity index (χ3n) is 4.00. The predicted molar refractivity (Wildman–Crippen MR) is 112 cm³/mol. The molecule has 1 aliphatic rings. The second-order valence-electron chi connectivity index (χ2n) is 5.87. The van der Waals surface area contributed by atoms with Crippen LogP contribution in [0.1, 0.15) is 18.9 Å². The topological polar surface area (TPSA) is 51.1 Å². The molecular formula is C21H22N2O3S. The van der Waals surface area contributed by atoms with E-state index in [1.54, 1.807) is 19.1 Å². The van der Waals surface area contributed by atoms with E-state index in [1.165, 1.54) is 11.8 Å². The lowest BCUT2D eigenvalue weighted by molar-refractivity contribution is -0.113. The number of benzene rings is 2. The van der Waals surface area contributed by atoms with Gasteiger partial charge in [0.05, 0.1) is 24.8 Å². The van der Waals surface area contributed by atoms with Gasteiger partial charge < -0.3 is 9.47 Å². The molecule has 27 heavy (non-hydrogen) atoms. The predicted octanol–water partition coefficient (Wildman–Crippen LogP) is 4.59. The average molecular weight is 382 g/mol. The lowest BCUT2D eigenvalue weighted by atomic mass is 10.2. The highest BCUT2D eigenvalue weighted by Gasteiger charge is 2.34. The number of rotatable bonds is 6. The van der Waals surface area contributed by atoms with Crippen molar-refractivity contribution >= 4 is 34.6 Å². The summed E-state index contributed by atoms with van der Waals surface area (Å²) in [5.41, 5.74) is 1.69. The van der Waals surface area contributed by atoms with Gasteiger partial charge in [0, 0.05) is 6.54 Å². The van der Waals surface area contributed by atoms with Crippen LogP contribution >= 0.6 is 11.8 Å². The molecule has 2 aromatic rings. The Kier molecular flexibility index (Phi) is 6.19. The lowest BCUT2D eigenvalue weighted by Gasteiger charge is -2.15. The van der Waals surface area contributed by atoms with Crippen LogP contribution in [0.4, 0.5) is 5.69 Å². The first-order valence-electron chi connectivity index (χ1n) is 8.73. The molecule has 0 aliphatic carbocycles. The van der Waals surface area contributed by atoms with Crippen molar-refractivity contribution in [2.75, 3.05) is 25.7 Å². The first-order valence-corrected chi connectivity index (χ1v) is 9.55. The van der Waals surface area contributed by atoms with Crippen LogP contribution in [0, 0.1) is 0 Å². The van der Waals surface area contributed by atoms with E-state index < -0.39 is 0 Å². The van der Waals surface area contributed by atoms with Crippen LogP contribution in [0.5, 0.6) is 11.5 Å². The Morgan fingerprint density at radius 3 is 2.48 bits per heavy atom. The number of hydrogen-bond donors (Lipinski definition) is 0. The summed E-state index contributed by atoms with van der Waals surface area (Å²) in [5.74, 6) is 1.21. The Labute approximate surface area is 163 Å². The SMILES string of the molecule is CCCN=C1S/C(=C/c2ccc(OC)c(OC)c2)C(=O)N1c1ccccc1. The third-order valence-corrected chi connectivity index (χ3v) is 5.00. The largest absolute Gasteiger partial charge is 0.493 e. The number of methoxy groups -OCH3 is 2. The fourth-order valence-corrected chi connectivity index (χ4v) is 3.69. The fourth-order valence-electron chi connectivity index (χ4n) is 2.69. The van der Waals surface area contributed by atoms with Crippen LogP contribution in [0.2, 0.25) is 0 Å². The molecule has 1 heterocycles. The van der Waals surface area contributed by atoms with Gasteiger partial charge in [-0.15, -0.1) is 0 Å². The molecule has 0 atom stereocenters. The minimum absolute atomic E-state index is 0.0733. The number of aliphatic imine (C=N–C) groups is 1. The number of amidine groups is 1. The molecule has 0 N–H and O–H groups in total. The molecule has 1 amide bonds. The molecule has 0 unspecified atom stereocenters. The van der Waals surface area contributed by atoms with Crippen LogP contribution in [-0.2, 0) is 4.79 Å². The van der Waals surface area contributed by atoms with Gasteiger partial charge in [-0.25, -0.2) is 0 Å². The van der Waals surface area contributed by atoms with E-state index in [4.69, 9.17) is 9.47 Å².